The zero-order chi connectivity index (χ0) is 18.1. The topological polar surface area (TPSA) is 62.5 Å². The molecule has 2 fully saturated rings. The van der Waals surface area contributed by atoms with E-state index in [0.717, 1.165) is 61.3 Å². The molecular formula is C21H28N4O. The minimum Gasteiger partial charge on any atom is -0.397 e. The number of fused-ring (bicyclic) bond motifs is 1. The number of benzene rings is 1. The van der Waals surface area contributed by atoms with E-state index in [4.69, 9.17) is 10.7 Å². The zero-order valence-electron chi connectivity index (χ0n) is 15.5. The van der Waals surface area contributed by atoms with Crippen LogP contribution in [0, 0.1) is 0 Å². The van der Waals surface area contributed by atoms with Gasteiger partial charge in [0.15, 0.2) is 0 Å². The van der Waals surface area contributed by atoms with E-state index in [9.17, 15) is 4.79 Å². The lowest BCUT2D eigenvalue weighted by Gasteiger charge is -2.35. The molecule has 0 radical (unpaired) electrons. The number of nitrogens with two attached hydrogens (primary N) is 1. The van der Waals surface area contributed by atoms with Crippen molar-refractivity contribution in [1.82, 2.24) is 14.8 Å². The van der Waals surface area contributed by atoms with Crippen LogP contribution in [-0.4, -0.2) is 52.9 Å². The fourth-order valence-corrected chi connectivity index (χ4v) is 4.40. The van der Waals surface area contributed by atoms with Gasteiger partial charge in [0.05, 0.1) is 22.9 Å². The van der Waals surface area contributed by atoms with Crippen LogP contribution in [-0.2, 0) is 4.79 Å². The fourth-order valence-electron chi connectivity index (χ4n) is 4.40. The number of nitrogens with zero attached hydrogens (tertiary/aromatic N) is 3. The van der Waals surface area contributed by atoms with E-state index in [1.54, 1.807) is 0 Å². The standard InChI is InChI=1S/C21H28N4O/c1-15(24-10-4-5-11-24)21(26)25-12-8-16(9-13-25)20-18(22)14-17-6-2-3-7-19(17)23-20/h2-3,6-7,14-16H,4-5,8-13,22H2,1H3/t15-/m1/s1. The Morgan fingerprint density at radius 3 is 2.58 bits per heavy atom. The van der Waals surface area contributed by atoms with Crippen molar-refractivity contribution in [2.24, 2.45) is 0 Å². The van der Waals surface area contributed by atoms with Crippen molar-refractivity contribution >= 4 is 22.5 Å². The molecule has 2 N–H and O–H groups in total. The van der Waals surface area contributed by atoms with Crippen LogP contribution >= 0.6 is 0 Å². The van der Waals surface area contributed by atoms with Crippen molar-refractivity contribution in [1.29, 1.82) is 0 Å². The van der Waals surface area contributed by atoms with Gasteiger partial charge < -0.3 is 10.6 Å². The molecule has 0 saturated carbocycles. The highest BCUT2D eigenvalue weighted by Crippen LogP contribution is 2.32. The van der Waals surface area contributed by atoms with Crippen molar-refractivity contribution in [2.45, 2.75) is 44.6 Å². The minimum absolute atomic E-state index is 0.0120. The number of hydrogen-bond donors (Lipinski definition) is 1. The lowest BCUT2D eigenvalue weighted by molar-refractivity contribution is -0.137. The molecular weight excluding hydrogens is 324 g/mol. The van der Waals surface area contributed by atoms with Gasteiger partial charge in [0.25, 0.3) is 0 Å². The van der Waals surface area contributed by atoms with Gasteiger partial charge in [-0.1, -0.05) is 18.2 Å². The molecule has 0 spiro atoms. The summed E-state index contributed by atoms with van der Waals surface area (Å²) in [5, 5.41) is 1.08. The number of hydrogen-bond acceptors (Lipinski definition) is 4. The van der Waals surface area contributed by atoms with Gasteiger partial charge in [-0.2, -0.15) is 0 Å². The quantitative estimate of drug-likeness (QED) is 0.922. The number of rotatable bonds is 3. The normalized spacial score (nSPS) is 20.6. The lowest BCUT2D eigenvalue weighted by Crippen LogP contribution is -2.48. The van der Waals surface area contributed by atoms with E-state index in [2.05, 4.69) is 11.8 Å². The molecule has 2 saturated heterocycles. The summed E-state index contributed by atoms with van der Waals surface area (Å²) in [6.45, 7) is 5.77. The van der Waals surface area contributed by atoms with E-state index in [0.29, 0.717) is 5.92 Å². The molecule has 2 aromatic rings. The first-order chi connectivity index (χ1) is 12.6. The zero-order valence-corrected chi connectivity index (χ0v) is 15.5. The lowest BCUT2D eigenvalue weighted by atomic mass is 9.91. The van der Waals surface area contributed by atoms with Crippen molar-refractivity contribution in [3.05, 3.63) is 36.0 Å². The van der Waals surface area contributed by atoms with Gasteiger partial charge in [0.1, 0.15) is 0 Å². The fraction of sp³-hybridized carbons (Fsp3) is 0.524. The summed E-state index contributed by atoms with van der Waals surface area (Å²) in [6.07, 6.45) is 4.31. The van der Waals surface area contributed by atoms with Gasteiger partial charge >= 0.3 is 0 Å². The summed E-state index contributed by atoms with van der Waals surface area (Å²) in [4.78, 5) is 22.0. The predicted octanol–water partition coefficient (Wildman–Crippen LogP) is 3.01. The molecule has 0 aliphatic carbocycles. The Kier molecular flexibility index (Phi) is 4.81. The molecule has 2 aliphatic rings. The summed E-state index contributed by atoms with van der Waals surface area (Å²) in [6, 6.07) is 10.1. The van der Waals surface area contributed by atoms with Gasteiger partial charge in [0.2, 0.25) is 5.91 Å². The molecule has 3 heterocycles. The molecule has 1 aromatic carbocycles. The largest absolute Gasteiger partial charge is 0.397 e. The van der Waals surface area contributed by atoms with Crippen LogP contribution < -0.4 is 5.73 Å². The first kappa shape index (κ1) is 17.3. The number of likely N-dealkylation sites (tertiary alicyclic amines) is 2. The van der Waals surface area contributed by atoms with E-state index in [-0.39, 0.29) is 11.9 Å². The number of anilines is 1. The van der Waals surface area contributed by atoms with Crippen molar-refractivity contribution in [3.8, 4) is 0 Å². The summed E-state index contributed by atoms with van der Waals surface area (Å²) >= 11 is 0. The molecule has 0 bridgehead atoms. The van der Waals surface area contributed by atoms with Gasteiger partial charge in [-0.15, -0.1) is 0 Å². The number of pyridine rings is 1. The Hall–Kier alpha value is -2.14. The van der Waals surface area contributed by atoms with Crippen LogP contribution in [0.5, 0.6) is 0 Å². The number of amides is 1. The second kappa shape index (κ2) is 7.23. The summed E-state index contributed by atoms with van der Waals surface area (Å²) in [7, 11) is 0. The van der Waals surface area contributed by atoms with E-state index < -0.39 is 0 Å². The van der Waals surface area contributed by atoms with Crippen molar-refractivity contribution < 1.29 is 4.79 Å². The molecule has 0 unspecified atom stereocenters. The molecule has 1 atom stereocenters. The van der Waals surface area contributed by atoms with Crippen LogP contribution in [0.15, 0.2) is 30.3 Å². The molecule has 4 rings (SSSR count). The smallest absolute Gasteiger partial charge is 0.239 e. The van der Waals surface area contributed by atoms with Crippen molar-refractivity contribution in [3.63, 3.8) is 0 Å². The van der Waals surface area contributed by atoms with E-state index in [1.165, 1.54) is 12.8 Å². The Labute approximate surface area is 155 Å². The highest BCUT2D eigenvalue weighted by atomic mass is 16.2. The van der Waals surface area contributed by atoms with E-state index >= 15 is 0 Å². The molecule has 2 aliphatic heterocycles. The van der Waals surface area contributed by atoms with E-state index in [1.807, 2.05) is 35.2 Å². The molecule has 26 heavy (non-hydrogen) atoms. The van der Waals surface area contributed by atoms with Crippen molar-refractivity contribution in [2.75, 3.05) is 31.9 Å². The average Bonchev–Trinajstić information content (AvgIpc) is 3.21. The predicted molar refractivity (Wildman–Crippen MR) is 105 cm³/mol. The number of nitrogen functional groups attached to an aromatic ring is 1. The maximum absolute atomic E-state index is 12.8. The number of para-hydroxylation sites is 1. The number of aromatic nitrogens is 1. The first-order valence-electron chi connectivity index (χ1n) is 9.81. The maximum atomic E-state index is 12.8. The second-order valence-corrected chi connectivity index (χ2v) is 7.67. The average molecular weight is 352 g/mol. The maximum Gasteiger partial charge on any atom is 0.239 e. The summed E-state index contributed by atoms with van der Waals surface area (Å²) < 4.78 is 0. The second-order valence-electron chi connectivity index (χ2n) is 7.67. The van der Waals surface area contributed by atoms with Gasteiger partial charge in [0, 0.05) is 24.4 Å². The summed E-state index contributed by atoms with van der Waals surface area (Å²) in [5.41, 5.74) is 9.07. The van der Waals surface area contributed by atoms with Crippen LogP contribution in [0.25, 0.3) is 10.9 Å². The Bertz CT molecular complexity index is 792. The molecule has 138 valence electrons. The third-order valence-corrected chi connectivity index (χ3v) is 6.02. The highest BCUT2D eigenvalue weighted by Gasteiger charge is 2.31. The Balaban J connectivity index is 1.43. The third kappa shape index (κ3) is 3.28. The van der Waals surface area contributed by atoms with Gasteiger partial charge in [-0.25, -0.2) is 0 Å². The molecule has 1 amide bonds. The first-order valence-corrected chi connectivity index (χ1v) is 9.81. The molecule has 5 heteroatoms. The van der Waals surface area contributed by atoms with Crippen LogP contribution in [0.3, 0.4) is 0 Å². The summed E-state index contributed by atoms with van der Waals surface area (Å²) in [5.74, 6) is 0.621. The van der Waals surface area contributed by atoms with Crippen LogP contribution in [0.4, 0.5) is 5.69 Å². The Morgan fingerprint density at radius 2 is 1.85 bits per heavy atom. The highest BCUT2D eigenvalue weighted by molar-refractivity contribution is 5.83. The monoisotopic (exact) mass is 352 g/mol. The molecule has 5 nitrogen and oxygen atoms in total. The van der Waals surface area contributed by atoms with Gasteiger partial charge in [-0.3, -0.25) is 14.7 Å². The number of piperidine rings is 1. The Morgan fingerprint density at radius 1 is 1.15 bits per heavy atom. The third-order valence-electron chi connectivity index (χ3n) is 6.02. The van der Waals surface area contributed by atoms with Crippen LogP contribution in [0.2, 0.25) is 0 Å². The molecule has 1 aromatic heterocycles. The number of carbonyl (C=O) groups excluding carboxylic acids is 1. The van der Waals surface area contributed by atoms with Gasteiger partial charge in [-0.05, 0) is 57.8 Å². The SMILES string of the molecule is C[C@H](C(=O)N1CCC(c2nc3ccccc3cc2N)CC1)N1CCCC1. The minimum atomic E-state index is 0.0120. The van der Waals surface area contributed by atoms with Crippen LogP contribution in [0.1, 0.15) is 44.2 Å². The number of carbonyl (C=O) groups is 1.